The maximum atomic E-state index is 12.4. The van der Waals surface area contributed by atoms with Crippen LogP contribution in [0, 0.1) is 0 Å². The Morgan fingerprint density at radius 3 is 2.36 bits per heavy atom. The lowest BCUT2D eigenvalue weighted by Crippen LogP contribution is -2.34. The van der Waals surface area contributed by atoms with Crippen LogP contribution < -0.4 is 9.46 Å². The van der Waals surface area contributed by atoms with Crippen LogP contribution >= 0.6 is 15.9 Å². The molecule has 0 heterocycles. The SMILES string of the molecule is COC(CNS(=O)(=O)c1ccc(Br)cc1OC(F)(F)F)OC. The van der Waals surface area contributed by atoms with Gasteiger partial charge in [0.2, 0.25) is 10.0 Å². The Kier molecular flexibility index (Phi) is 6.62. The lowest BCUT2D eigenvalue weighted by molar-refractivity contribution is -0.275. The molecule has 0 radical (unpaired) electrons. The first kappa shape index (κ1) is 19.2. The summed E-state index contributed by atoms with van der Waals surface area (Å²) in [6, 6.07) is 3.18. The van der Waals surface area contributed by atoms with Crippen molar-refractivity contribution in [1.29, 1.82) is 0 Å². The van der Waals surface area contributed by atoms with Gasteiger partial charge in [0.25, 0.3) is 0 Å². The largest absolute Gasteiger partial charge is 0.573 e. The molecule has 0 saturated carbocycles. The third-order valence-corrected chi connectivity index (χ3v) is 4.34. The van der Waals surface area contributed by atoms with Gasteiger partial charge >= 0.3 is 6.36 Å². The quantitative estimate of drug-likeness (QED) is 0.701. The van der Waals surface area contributed by atoms with Crippen LogP contribution in [0.3, 0.4) is 0 Å². The molecular weight excluding hydrogens is 395 g/mol. The Balaban J connectivity index is 3.08. The van der Waals surface area contributed by atoms with Crippen molar-refractivity contribution in [3.63, 3.8) is 0 Å². The number of alkyl halides is 3. The van der Waals surface area contributed by atoms with Gasteiger partial charge in [0.05, 0.1) is 6.54 Å². The van der Waals surface area contributed by atoms with Crippen LogP contribution in [-0.4, -0.2) is 41.8 Å². The molecule has 0 aliphatic carbocycles. The fourth-order valence-electron chi connectivity index (χ4n) is 1.43. The van der Waals surface area contributed by atoms with Crippen LogP contribution in [0.25, 0.3) is 0 Å². The van der Waals surface area contributed by atoms with Gasteiger partial charge in [0, 0.05) is 18.7 Å². The number of hydrogen-bond acceptors (Lipinski definition) is 5. The fourth-order valence-corrected chi connectivity index (χ4v) is 2.89. The highest BCUT2D eigenvalue weighted by atomic mass is 79.9. The van der Waals surface area contributed by atoms with Crippen molar-refractivity contribution in [2.24, 2.45) is 0 Å². The second-order valence-corrected chi connectivity index (χ2v) is 6.54. The molecule has 0 aliphatic heterocycles. The summed E-state index contributed by atoms with van der Waals surface area (Å²) in [6.07, 6.45) is -5.90. The van der Waals surface area contributed by atoms with Crippen LogP contribution in [0.2, 0.25) is 0 Å². The van der Waals surface area contributed by atoms with E-state index in [1.165, 1.54) is 20.3 Å². The Morgan fingerprint density at radius 2 is 1.86 bits per heavy atom. The maximum absolute atomic E-state index is 12.4. The van der Waals surface area contributed by atoms with E-state index in [0.717, 1.165) is 12.1 Å². The first-order valence-electron chi connectivity index (χ1n) is 5.69. The normalized spacial score (nSPS) is 12.7. The molecule has 0 fully saturated rings. The Hall–Kier alpha value is -0.880. The summed E-state index contributed by atoms with van der Waals surface area (Å²) in [5.74, 6) is -0.847. The smallest absolute Gasteiger partial charge is 0.404 e. The number of halogens is 4. The van der Waals surface area contributed by atoms with Crippen LogP contribution in [0.4, 0.5) is 13.2 Å². The molecule has 1 aromatic carbocycles. The minimum Gasteiger partial charge on any atom is -0.404 e. The van der Waals surface area contributed by atoms with Crippen molar-refractivity contribution >= 4 is 26.0 Å². The number of benzene rings is 1. The van der Waals surface area contributed by atoms with Gasteiger partial charge < -0.3 is 14.2 Å². The highest BCUT2D eigenvalue weighted by molar-refractivity contribution is 9.10. The molecule has 126 valence electrons. The lowest BCUT2D eigenvalue weighted by Gasteiger charge is -2.17. The average molecular weight is 408 g/mol. The minimum absolute atomic E-state index is 0.234. The van der Waals surface area contributed by atoms with Gasteiger partial charge in [-0.1, -0.05) is 15.9 Å². The highest BCUT2D eigenvalue weighted by Crippen LogP contribution is 2.32. The third-order valence-electron chi connectivity index (χ3n) is 2.39. The van der Waals surface area contributed by atoms with E-state index in [2.05, 4.69) is 25.4 Å². The molecule has 0 aromatic heterocycles. The van der Waals surface area contributed by atoms with Crippen molar-refractivity contribution in [3.05, 3.63) is 22.7 Å². The molecular formula is C11H13BrF3NO5S. The molecule has 1 aromatic rings. The first-order chi connectivity index (χ1) is 10.1. The standard InChI is InChI=1S/C11H13BrF3NO5S/c1-19-10(20-2)6-16-22(17,18)9-4-3-7(12)5-8(9)21-11(13,14)15/h3-5,10,16H,6H2,1-2H3. The predicted molar refractivity (Wildman–Crippen MR) is 73.8 cm³/mol. The second-order valence-electron chi connectivity index (χ2n) is 3.89. The third kappa shape index (κ3) is 5.72. The van der Waals surface area contributed by atoms with E-state index in [0.29, 0.717) is 0 Å². The van der Waals surface area contributed by atoms with Crippen LogP contribution in [0.5, 0.6) is 5.75 Å². The summed E-state index contributed by atoms with van der Waals surface area (Å²) in [5, 5.41) is 0. The van der Waals surface area contributed by atoms with Gasteiger partial charge in [-0.2, -0.15) is 0 Å². The van der Waals surface area contributed by atoms with Crippen LogP contribution in [0.15, 0.2) is 27.6 Å². The molecule has 0 saturated heterocycles. The number of hydrogen-bond donors (Lipinski definition) is 1. The van der Waals surface area contributed by atoms with E-state index in [4.69, 9.17) is 9.47 Å². The van der Waals surface area contributed by atoms with Crippen molar-refractivity contribution < 1.29 is 35.8 Å². The molecule has 0 aliphatic rings. The number of ether oxygens (including phenoxy) is 3. The van der Waals surface area contributed by atoms with Gasteiger partial charge in [0.15, 0.2) is 12.0 Å². The molecule has 1 rings (SSSR count). The monoisotopic (exact) mass is 407 g/mol. The molecule has 1 N–H and O–H groups in total. The number of nitrogens with one attached hydrogen (secondary N) is 1. The molecule has 6 nitrogen and oxygen atoms in total. The summed E-state index contributed by atoms with van der Waals surface area (Å²) in [4.78, 5) is -0.654. The minimum atomic E-state index is -5.02. The van der Waals surface area contributed by atoms with Gasteiger partial charge in [-0.3, -0.25) is 0 Å². The molecule has 0 unspecified atom stereocenters. The summed E-state index contributed by atoms with van der Waals surface area (Å²) >= 11 is 2.95. The summed E-state index contributed by atoms with van der Waals surface area (Å²) < 4.78 is 77.0. The van der Waals surface area contributed by atoms with Crippen molar-refractivity contribution in [2.75, 3.05) is 20.8 Å². The van der Waals surface area contributed by atoms with Gasteiger partial charge in [0.1, 0.15) is 4.90 Å². The predicted octanol–water partition coefficient (Wildman–Crippen LogP) is 2.24. The number of rotatable bonds is 7. The van der Waals surface area contributed by atoms with E-state index in [1.54, 1.807) is 0 Å². The molecule has 0 spiro atoms. The summed E-state index contributed by atoms with van der Waals surface area (Å²) in [7, 11) is -1.67. The van der Waals surface area contributed by atoms with E-state index in [1.807, 2.05) is 0 Å². The Morgan fingerprint density at radius 1 is 1.27 bits per heavy atom. The first-order valence-corrected chi connectivity index (χ1v) is 7.97. The molecule has 0 bridgehead atoms. The summed E-state index contributed by atoms with van der Waals surface area (Å²) in [6.45, 7) is -0.281. The van der Waals surface area contributed by atoms with Gasteiger partial charge in [-0.05, 0) is 18.2 Å². The fraction of sp³-hybridized carbons (Fsp3) is 0.455. The zero-order valence-corrected chi connectivity index (χ0v) is 13.9. The average Bonchev–Trinajstić information content (AvgIpc) is 2.37. The lowest BCUT2D eigenvalue weighted by atomic mass is 10.3. The number of sulfonamides is 1. The van der Waals surface area contributed by atoms with Crippen molar-refractivity contribution in [2.45, 2.75) is 17.5 Å². The number of methoxy groups -OCH3 is 2. The molecule has 11 heteroatoms. The van der Waals surface area contributed by atoms with E-state index >= 15 is 0 Å². The van der Waals surface area contributed by atoms with Gasteiger partial charge in [-0.15, -0.1) is 13.2 Å². The zero-order valence-electron chi connectivity index (χ0n) is 11.5. The zero-order chi connectivity index (χ0) is 17.0. The van der Waals surface area contributed by atoms with E-state index in [-0.39, 0.29) is 11.0 Å². The maximum Gasteiger partial charge on any atom is 0.573 e. The van der Waals surface area contributed by atoms with Crippen LogP contribution in [-0.2, 0) is 19.5 Å². The highest BCUT2D eigenvalue weighted by Gasteiger charge is 2.34. The van der Waals surface area contributed by atoms with Crippen molar-refractivity contribution in [1.82, 2.24) is 4.72 Å². The van der Waals surface area contributed by atoms with Crippen molar-refractivity contribution in [3.8, 4) is 5.75 Å². The molecule has 22 heavy (non-hydrogen) atoms. The second kappa shape index (κ2) is 7.59. The summed E-state index contributed by atoms with van der Waals surface area (Å²) in [5.41, 5.74) is 0. The topological polar surface area (TPSA) is 73.9 Å². The van der Waals surface area contributed by atoms with E-state index < -0.39 is 33.3 Å². The van der Waals surface area contributed by atoms with Crippen LogP contribution in [0.1, 0.15) is 0 Å². The molecule has 0 amide bonds. The Labute approximate surface area is 133 Å². The van der Waals surface area contributed by atoms with Gasteiger partial charge in [-0.25, -0.2) is 13.1 Å². The molecule has 0 atom stereocenters. The van der Waals surface area contributed by atoms with E-state index in [9.17, 15) is 21.6 Å². The Bertz CT molecular complexity index is 604.